The highest BCUT2D eigenvalue weighted by Gasteiger charge is 2.36. The van der Waals surface area contributed by atoms with E-state index in [4.69, 9.17) is 5.73 Å². The van der Waals surface area contributed by atoms with Gasteiger partial charge in [-0.15, -0.1) is 10.2 Å². The van der Waals surface area contributed by atoms with Gasteiger partial charge in [-0.05, 0) is 36.7 Å². The Morgan fingerprint density at radius 1 is 1.23 bits per heavy atom. The van der Waals surface area contributed by atoms with Crippen LogP contribution in [0.5, 0.6) is 0 Å². The van der Waals surface area contributed by atoms with Crippen LogP contribution in [-0.4, -0.2) is 41.1 Å². The summed E-state index contributed by atoms with van der Waals surface area (Å²) in [5, 5.41) is 10.5. The van der Waals surface area contributed by atoms with Crippen LogP contribution in [0.4, 0.5) is 14.6 Å². The van der Waals surface area contributed by atoms with E-state index in [0.29, 0.717) is 17.8 Å². The molecule has 30 heavy (non-hydrogen) atoms. The first-order valence-corrected chi connectivity index (χ1v) is 9.57. The number of benzene rings is 1. The van der Waals surface area contributed by atoms with E-state index in [1.165, 1.54) is 5.12 Å². The van der Waals surface area contributed by atoms with Gasteiger partial charge < -0.3 is 11.1 Å². The fourth-order valence-electron chi connectivity index (χ4n) is 3.58. The number of hydrogen-bond acceptors (Lipinski definition) is 7. The van der Waals surface area contributed by atoms with Gasteiger partial charge in [0.05, 0.1) is 5.56 Å². The normalized spacial score (nSPS) is 19.3. The Labute approximate surface area is 173 Å². The molecule has 1 aromatic carbocycles. The quantitative estimate of drug-likeness (QED) is 0.702. The van der Waals surface area contributed by atoms with Crippen LogP contribution in [0.2, 0.25) is 0 Å². The van der Waals surface area contributed by atoms with Gasteiger partial charge in [0.15, 0.2) is 17.5 Å². The molecule has 0 radical (unpaired) electrons. The molecule has 2 aromatic rings. The number of nitrogens with two attached hydrogens (primary N) is 1. The molecule has 2 aliphatic rings. The number of aromatic nitrogens is 1. The van der Waals surface area contributed by atoms with E-state index in [1.807, 2.05) is 37.4 Å². The van der Waals surface area contributed by atoms with Crippen LogP contribution < -0.4 is 16.6 Å². The van der Waals surface area contributed by atoms with E-state index < -0.39 is 17.7 Å². The number of halogens is 2. The molecule has 0 spiro atoms. The van der Waals surface area contributed by atoms with Crippen molar-refractivity contribution in [2.75, 3.05) is 19.8 Å². The summed E-state index contributed by atoms with van der Waals surface area (Å²) in [5.41, 5.74) is 12.4. The first-order valence-electron chi connectivity index (χ1n) is 9.57. The van der Waals surface area contributed by atoms with Crippen molar-refractivity contribution in [2.45, 2.75) is 19.0 Å². The van der Waals surface area contributed by atoms with Gasteiger partial charge in [-0.1, -0.05) is 30.3 Å². The Bertz CT molecular complexity index is 1030. The average Bonchev–Trinajstić information content (AvgIpc) is 3.12. The number of nitrogens with one attached hydrogen (secondary N) is 2. The molecule has 1 atom stereocenters. The van der Waals surface area contributed by atoms with Gasteiger partial charge in [0.25, 0.3) is 0 Å². The number of hydrazine groups is 2. The van der Waals surface area contributed by atoms with E-state index in [2.05, 4.69) is 20.9 Å². The van der Waals surface area contributed by atoms with E-state index >= 15 is 0 Å². The molecule has 1 aliphatic heterocycles. The molecular formula is C21H23F2N7. The highest BCUT2D eigenvalue weighted by atomic mass is 19.2. The van der Waals surface area contributed by atoms with Gasteiger partial charge in [-0.3, -0.25) is 5.01 Å². The monoisotopic (exact) mass is 411 g/mol. The standard InChI is InChI=1S/C21H23F2N7/c1-25-11-13-6-8-14(9-7-13)15-10-16(20(24)26-12-15)21-27-28-29(2)30(21)18-5-3-4-17(22)19(18)23/h3-4,6-10,12,18,25,28H,5,11H2,1-2H3,(H2,24,26). The number of hydrogen-bond donors (Lipinski definition) is 3. The highest BCUT2D eigenvalue weighted by molar-refractivity contribution is 6.03. The highest BCUT2D eigenvalue weighted by Crippen LogP contribution is 2.31. The van der Waals surface area contributed by atoms with Crippen molar-refractivity contribution in [3.8, 4) is 11.1 Å². The summed E-state index contributed by atoms with van der Waals surface area (Å²) in [4.78, 5) is 4.32. The molecule has 1 aromatic heterocycles. The predicted octanol–water partition coefficient (Wildman–Crippen LogP) is 2.86. The summed E-state index contributed by atoms with van der Waals surface area (Å²) >= 11 is 0. The lowest BCUT2D eigenvalue weighted by atomic mass is 10.0. The van der Waals surface area contributed by atoms with Crippen LogP contribution in [0.15, 0.2) is 65.4 Å². The summed E-state index contributed by atoms with van der Waals surface area (Å²) < 4.78 is 28.4. The van der Waals surface area contributed by atoms with Crippen LogP contribution in [-0.2, 0) is 6.54 Å². The minimum absolute atomic E-state index is 0.252. The third kappa shape index (κ3) is 3.64. The minimum atomic E-state index is -0.882. The number of rotatable bonds is 5. The lowest BCUT2D eigenvalue weighted by Gasteiger charge is -2.34. The summed E-state index contributed by atoms with van der Waals surface area (Å²) in [5.74, 6) is -1.10. The largest absolute Gasteiger partial charge is 0.383 e. The van der Waals surface area contributed by atoms with Crippen molar-refractivity contribution in [3.05, 3.63) is 71.5 Å². The lowest BCUT2D eigenvalue weighted by molar-refractivity contribution is 0.0154. The third-order valence-corrected chi connectivity index (χ3v) is 5.11. The second kappa shape index (κ2) is 8.21. The molecule has 4 rings (SSSR count). The van der Waals surface area contributed by atoms with E-state index in [-0.39, 0.29) is 5.82 Å². The number of anilines is 1. The Hall–Kier alpha value is -3.30. The molecule has 0 fully saturated rings. The molecule has 0 saturated carbocycles. The number of nitrogen functional groups attached to an aromatic ring is 1. The maximum atomic E-state index is 14.6. The maximum Gasteiger partial charge on any atom is 0.177 e. The van der Waals surface area contributed by atoms with Crippen molar-refractivity contribution in [1.82, 2.24) is 26.0 Å². The van der Waals surface area contributed by atoms with Gasteiger partial charge in [0.1, 0.15) is 11.9 Å². The fourth-order valence-corrected chi connectivity index (χ4v) is 3.58. The minimum Gasteiger partial charge on any atom is -0.383 e. The number of allylic oxidation sites excluding steroid dienone is 2. The molecule has 0 amide bonds. The van der Waals surface area contributed by atoms with Crippen LogP contribution in [0.25, 0.3) is 11.1 Å². The molecule has 0 saturated heterocycles. The zero-order valence-corrected chi connectivity index (χ0v) is 16.7. The van der Waals surface area contributed by atoms with Crippen molar-refractivity contribution in [1.29, 1.82) is 0 Å². The van der Waals surface area contributed by atoms with Crippen molar-refractivity contribution < 1.29 is 8.78 Å². The van der Waals surface area contributed by atoms with E-state index in [0.717, 1.165) is 29.3 Å². The number of amidine groups is 1. The Balaban J connectivity index is 1.69. The molecule has 1 unspecified atom stereocenters. The first kappa shape index (κ1) is 20.0. The van der Waals surface area contributed by atoms with Crippen molar-refractivity contribution in [2.24, 2.45) is 5.10 Å². The fraction of sp³-hybridized carbons (Fsp3) is 0.238. The Morgan fingerprint density at radius 3 is 2.73 bits per heavy atom. The topological polar surface area (TPSA) is 81.8 Å². The molecular weight excluding hydrogens is 388 g/mol. The lowest BCUT2D eigenvalue weighted by Crippen LogP contribution is -2.50. The molecule has 2 heterocycles. The van der Waals surface area contributed by atoms with Crippen LogP contribution in [0.3, 0.4) is 0 Å². The Morgan fingerprint density at radius 2 is 2.00 bits per heavy atom. The van der Waals surface area contributed by atoms with Crippen LogP contribution in [0, 0.1) is 0 Å². The summed E-state index contributed by atoms with van der Waals surface area (Å²) in [7, 11) is 3.57. The van der Waals surface area contributed by atoms with Crippen LogP contribution in [0.1, 0.15) is 17.5 Å². The smallest absolute Gasteiger partial charge is 0.177 e. The zero-order chi connectivity index (χ0) is 21.3. The summed E-state index contributed by atoms with van der Waals surface area (Å²) in [6.45, 7) is 0.779. The maximum absolute atomic E-state index is 14.6. The average molecular weight is 411 g/mol. The molecule has 1 aliphatic carbocycles. The third-order valence-electron chi connectivity index (χ3n) is 5.11. The second-order valence-corrected chi connectivity index (χ2v) is 7.14. The van der Waals surface area contributed by atoms with Gasteiger partial charge in [0, 0.05) is 25.4 Å². The van der Waals surface area contributed by atoms with Crippen LogP contribution >= 0.6 is 0 Å². The predicted molar refractivity (Wildman–Crippen MR) is 113 cm³/mol. The molecule has 4 N–H and O–H groups in total. The second-order valence-electron chi connectivity index (χ2n) is 7.14. The first-order chi connectivity index (χ1) is 14.5. The van der Waals surface area contributed by atoms with Gasteiger partial charge in [-0.25, -0.2) is 19.3 Å². The molecule has 9 heteroatoms. The number of nitrogens with zero attached hydrogens (tertiary/aromatic N) is 4. The van der Waals surface area contributed by atoms with Gasteiger partial charge in [-0.2, -0.15) is 0 Å². The van der Waals surface area contributed by atoms with E-state index in [9.17, 15) is 8.78 Å². The molecule has 156 valence electrons. The summed E-state index contributed by atoms with van der Waals surface area (Å²) in [6, 6.07) is 9.08. The van der Waals surface area contributed by atoms with Crippen molar-refractivity contribution in [3.63, 3.8) is 0 Å². The summed E-state index contributed by atoms with van der Waals surface area (Å²) in [6.07, 6.45) is 4.72. The van der Waals surface area contributed by atoms with Gasteiger partial charge >= 0.3 is 0 Å². The number of hydrazone groups is 1. The van der Waals surface area contributed by atoms with Crippen molar-refractivity contribution >= 4 is 11.7 Å². The molecule has 0 bridgehead atoms. The Kier molecular flexibility index (Phi) is 5.47. The SMILES string of the molecule is CNCc1ccc(-c2cnc(N)c(C3=NNN(C)N3C3CC=CC(F)=C3F)c2)cc1. The molecule has 7 nitrogen and oxygen atoms in total. The zero-order valence-electron chi connectivity index (χ0n) is 16.7. The van der Waals surface area contributed by atoms with Gasteiger partial charge in [0.2, 0.25) is 0 Å². The van der Waals surface area contributed by atoms with E-state index in [1.54, 1.807) is 24.3 Å². The number of pyridine rings is 1.